The first-order valence-electron chi connectivity index (χ1n) is 30.0. The largest absolute Gasteiger partial charge is 0.472 e. The van der Waals surface area contributed by atoms with Crippen LogP contribution in [0.3, 0.4) is 0 Å². The Morgan fingerprint density at radius 1 is 0.437 bits per heavy atom. The monoisotopic (exact) mass is 1030 g/mol. The number of rotatable bonds is 53. The summed E-state index contributed by atoms with van der Waals surface area (Å²) in [6.07, 6.45) is 45.7. The highest BCUT2D eigenvalue weighted by molar-refractivity contribution is 7.47. The SMILES string of the molecule is CCCCCCCCCC/C=C\CCCCCCCCCCCCCCOCC(COP(=O)(O)OC1C(O)C(O)C(O)C(O)C1O)OC(=O)CCCCCCCCCCCCCCCCCCCCCC. The molecule has 71 heavy (non-hydrogen) atoms. The maximum absolute atomic E-state index is 12.9. The molecule has 1 rings (SSSR count). The maximum atomic E-state index is 12.9. The van der Waals surface area contributed by atoms with Crippen molar-refractivity contribution >= 4 is 13.8 Å². The van der Waals surface area contributed by atoms with Gasteiger partial charge in [-0.2, -0.15) is 0 Å². The molecule has 0 heterocycles. The smallest absolute Gasteiger partial charge is 0.457 e. The molecular weight excluding hydrogens is 920 g/mol. The van der Waals surface area contributed by atoms with Gasteiger partial charge in [0.1, 0.15) is 42.7 Å². The minimum atomic E-state index is -5.02. The standard InChI is InChI=1S/C58H113O12P/c1-3-5-7-9-11-13-15-17-19-21-23-25-26-27-28-30-32-34-36-38-40-42-44-46-48-67-49-51(50-68-71(65,66)70-58-56(63)54(61)53(60)55(62)57(58)64)69-52(59)47-45-43-41-39-37-35-33-31-29-24-22-20-18-16-14-12-10-8-6-4-2/h21,23,51,53-58,60-64H,3-20,22,24-50H2,1-2H3,(H,65,66)/b23-21-. The average Bonchev–Trinajstić information content (AvgIpc) is 3.36. The number of ether oxygens (including phenoxy) is 2. The molecule has 0 amide bonds. The van der Waals surface area contributed by atoms with Crippen LogP contribution in [0.25, 0.3) is 0 Å². The van der Waals surface area contributed by atoms with E-state index in [1.165, 1.54) is 225 Å². The molecule has 0 aromatic rings. The lowest BCUT2D eigenvalue weighted by Gasteiger charge is -2.41. The van der Waals surface area contributed by atoms with Crippen LogP contribution < -0.4 is 0 Å². The first-order valence-corrected chi connectivity index (χ1v) is 31.5. The topological polar surface area (TPSA) is 192 Å². The Kier molecular flexibility index (Phi) is 46.7. The minimum Gasteiger partial charge on any atom is -0.457 e. The van der Waals surface area contributed by atoms with Gasteiger partial charge in [-0.1, -0.05) is 257 Å². The molecule has 0 aliphatic heterocycles. The summed E-state index contributed by atoms with van der Waals surface area (Å²) in [7, 11) is -5.02. The molecule has 0 aromatic heterocycles. The predicted octanol–water partition coefficient (Wildman–Crippen LogP) is 14.6. The second-order valence-corrected chi connectivity index (χ2v) is 22.6. The molecular formula is C58H113O12P. The third-order valence-corrected chi connectivity index (χ3v) is 15.4. The molecule has 0 radical (unpaired) electrons. The summed E-state index contributed by atoms with van der Waals surface area (Å²) >= 11 is 0. The maximum Gasteiger partial charge on any atom is 0.472 e. The number of phosphoric acid groups is 1. The first-order chi connectivity index (χ1) is 34.5. The molecule has 1 aliphatic carbocycles. The van der Waals surface area contributed by atoms with Crippen LogP contribution in [0.2, 0.25) is 0 Å². The zero-order valence-electron chi connectivity index (χ0n) is 45.8. The Labute approximate surface area is 435 Å². The van der Waals surface area contributed by atoms with E-state index >= 15 is 0 Å². The van der Waals surface area contributed by atoms with Crippen molar-refractivity contribution in [3.05, 3.63) is 12.2 Å². The summed E-state index contributed by atoms with van der Waals surface area (Å²) in [4.78, 5) is 23.3. The summed E-state index contributed by atoms with van der Waals surface area (Å²) in [5.41, 5.74) is 0. The molecule has 0 bridgehead atoms. The molecule has 0 spiro atoms. The minimum absolute atomic E-state index is 0.0701. The predicted molar refractivity (Wildman–Crippen MR) is 290 cm³/mol. The molecule has 6 unspecified atom stereocenters. The second-order valence-electron chi connectivity index (χ2n) is 21.2. The van der Waals surface area contributed by atoms with Crippen LogP contribution in [0.4, 0.5) is 0 Å². The van der Waals surface area contributed by atoms with Crippen LogP contribution in [0.15, 0.2) is 12.2 Å². The Morgan fingerprint density at radius 3 is 1.11 bits per heavy atom. The van der Waals surface area contributed by atoms with Crippen molar-refractivity contribution in [2.24, 2.45) is 0 Å². The lowest BCUT2D eigenvalue weighted by molar-refractivity contribution is -0.220. The van der Waals surface area contributed by atoms with Crippen LogP contribution in [0, 0.1) is 0 Å². The first kappa shape index (κ1) is 68.1. The highest BCUT2D eigenvalue weighted by Crippen LogP contribution is 2.47. The van der Waals surface area contributed by atoms with Crippen LogP contribution >= 0.6 is 7.82 Å². The van der Waals surface area contributed by atoms with Crippen LogP contribution in [0.5, 0.6) is 0 Å². The third-order valence-electron chi connectivity index (χ3n) is 14.4. The number of phosphoric ester groups is 1. The molecule has 1 saturated carbocycles. The van der Waals surface area contributed by atoms with E-state index in [4.69, 9.17) is 18.5 Å². The summed E-state index contributed by atoms with van der Waals surface area (Å²) < 4.78 is 34.5. The number of aliphatic hydroxyl groups excluding tert-OH is 5. The van der Waals surface area contributed by atoms with E-state index < -0.39 is 63.1 Å². The molecule has 6 N–H and O–H groups in total. The van der Waals surface area contributed by atoms with Gasteiger partial charge in [0, 0.05) is 13.0 Å². The quantitative estimate of drug-likeness (QED) is 0.0146. The number of carbonyl (C=O) groups is 1. The van der Waals surface area contributed by atoms with Gasteiger partial charge in [-0.25, -0.2) is 4.57 Å². The number of hydrogen-bond donors (Lipinski definition) is 6. The summed E-state index contributed by atoms with van der Waals surface area (Å²) in [6, 6.07) is 0. The molecule has 12 nitrogen and oxygen atoms in total. The van der Waals surface area contributed by atoms with Crippen molar-refractivity contribution in [3.63, 3.8) is 0 Å². The van der Waals surface area contributed by atoms with E-state index in [-0.39, 0.29) is 13.0 Å². The highest BCUT2D eigenvalue weighted by Gasteiger charge is 2.51. The van der Waals surface area contributed by atoms with Crippen molar-refractivity contribution in [3.8, 4) is 0 Å². The molecule has 13 heteroatoms. The fraction of sp³-hybridized carbons (Fsp3) is 0.948. The van der Waals surface area contributed by atoms with E-state index in [2.05, 4.69) is 26.0 Å². The fourth-order valence-electron chi connectivity index (χ4n) is 9.65. The Balaban J connectivity index is 2.25. The van der Waals surface area contributed by atoms with Gasteiger partial charge in [-0.3, -0.25) is 13.8 Å². The van der Waals surface area contributed by atoms with Crippen molar-refractivity contribution in [1.29, 1.82) is 0 Å². The molecule has 1 aliphatic rings. The number of hydrogen-bond acceptors (Lipinski definition) is 11. The molecule has 1 fully saturated rings. The van der Waals surface area contributed by atoms with Crippen molar-refractivity contribution in [2.75, 3.05) is 19.8 Å². The van der Waals surface area contributed by atoms with Gasteiger partial charge in [0.2, 0.25) is 0 Å². The number of aliphatic hydroxyl groups is 5. The van der Waals surface area contributed by atoms with Gasteiger partial charge in [-0.05, 0) is 38.5 Å². The van der Waals surface area contributed by atoms with Crippen LogP contribution in [-0.4, -0.2) is 98.9 Å². The van der Waals surface area contributed by atoms with E-state index in [9.17, 15) is 39.8 Å². The zero-order chi connectivity index (χ0) is 51.9. The zero-order valence-corrected chi connectivity index (χ0v) is 46.7. The van der Waals surface area contributed by atoms with Crippen molar-refractivity contribution in [1.82, 2.24) is 0 Å². The number of allylic oxidation sites excluding steroid dienone is 2. The lowest BCUT2D eigenvalue weighted by Crippen LogP contribution is -2.64. The molecule has 6 atom stereocenters. The Hall–Kier alpha value is -0.920. The van der Waals surface area contributed by atoms with Crippen LogP contribution in [-0.2, 0) is 27.9 Å². The van der Waals surface area contributed by atoms with Gasteiger partial charge in [0.25, 0.3) is 0 Å². The second kappa shape index (κ2) is 48.7. The van der Waals surface area contributed by atoms with E-state index in [0.29, 0.717) is 13.0 Å². The van der Waals surface area contributed by atoms with E-state index in [0.717, 1.165) is 38.5 Å². The van der Waals surface area contributed by atoms with Crippen LogP contribution in [0.1, 0.15) is 290 Å². The van der Waals surface area contributed by atoms with Gasteiger partial charge < -0.3 is 39.9 Å². The van der Waals surface area contributed by atoms with E-state index in [1.54, 1.807) is 0 Å². The van der Waals surface area contributed by atoms with Gasteiger partial charge >= 0.3 is 13.8 Å². The fourth-order valence-corrected chi connectivity index (χ4v) is 10.6. The normalized spacial score (nSPS) is 20.7. The Bertz CT molecular complexity index is 1220. The van der Waals surface area contributed by atoms with Crippen molar-refractivity contribution < 1.29 is 58.3 Å². The highest BCUT2D eigenvalue weighted by atomic mass is 31.2. The molecule has 0 aromatic carbocycles. The molecule has 422 valence electrons. The van der Waals surface area contributed by atoms with Gasteiger partial charge in [0.05, 0.1) is 13.2 Å². The summed E-state index contributed by atoms with van der Waals surface area (Å²) in [5.74, 6) is -0.469. The third kappa shape index (κ3) is 40.1. The number of carbonyl (C=O) groups excluding carboxylic acids is 1. The van der Waals surface area contributed by atoms with E-state index in [1.807, 2.05) is 0 Å². The molecule has 0 saturated heterocycles. The summed E-state index contributed by atoms with van der Waals surface area (Å²) in [5, 5.41) is 50.5. The van der Waals surface area contributed by atoms with Gasteiger partial charge in [0.15, 0.2) is 0 Å². The average molecular weight is 1030 g/mol. The van der Waals surface area contributed by atoms with Gasteiger partial charge in [-0.15, -0.1) is 0 Å². The lowest BCUT2D eigenvalue weighted by atomic mass is 9.85. The summed E-state index contributed by atoms with van der Waals surface area (Å²) in [6.45, 7) is 4.33. The Morgan fingerprint density at radius 2 is 0.746 bits per heavy atom. The van der Waals surface area contributed by atoms with Crippen molar-refractivity contribution in [2.45, 2.75) is 333 Å². The number of esters is 1. The number of unbranched alkanes of at least 4 members (excludes halogenated alkanes) is 39.